The van der Waals surface area contributed by atoms with E-state index in [1.807, 2.05) is 12.1 Å². The summed E-state index contributed by atoms with van der Waals surface area (Å²) < 4.78 is 0. The van der Waals surface area contributed by atoms with Crippen LogP contribution in [0.4, 0.5) is 0 Å². The largest absolute Gasteiger partial charge is 0.393 e. The molecule has 0 aliphatic carbocycles. The molecule has 25 heavy (non-hydrogen) atoms. The minimum Gasteiger partial charge on any atom is -0.393 e. The molecule has 1 saturated heterocycles. The summed E-state index contributed by atoms with van der Waals surface area (Å²) in [5.41, 5.74) is 4.04. The number of piperidine rings is 1. The van der Waals surface area contributed by atoms with Gasteiger partial charge in [-0.2, -0.15) is 0 Å². The molecule has 2 rings (SSSR count). The van der Waals surface area contributed by atoms with Gasteiger partial charge in [-0.05, 0) is 67.2 Å². The molecule has 142 valence electrons. The van der Waals surface area contributed by atoms with Gasteiger partial charge in [0.15, 0.2) is 0 Å². The fourth-order valence-corrected chi connectivity index (χ4v) is 4.13. The van der Waals surface area contributed by atoms with Crippen molar-refractivity contribution in [2.75, 3.05) is 13.1 Å². The number of nitrogens with zero attached hydrogens (tertiary/aromatic N) is 1. The van der Waals surface area contributed by atoms with Gasteiger partial charge in [-0.1, -0.05) is 26.0 Å². The molecule has 1 aliphatic heterocycles. The van der Waals surface area contributed by atoms with Crippen molar-refractivity contribution in [2.45, 2.75) is 72.3 Å². The molecule has 1 fully saturated rings. The lowest BCUT2D eigenvalue weighted by atomic mass is 9.84. The fourth-order valence-electron chi connectivity index (χ4n) is 4.13. The first-order valence-corrected chi connectivity index (χ1v) is 9.60. The van der Waals surface area contributed by atoms with Crippen LogP contribution in [0.3, 0.4) is 0 Å². The Kier molecular flexibility index (Phi) is 7.44. The molecule has 1 aliphatic rings. The second kappa shape index (κ2) is 9.13. The Bertz CT molecular complexity index is 558. The first kappa shape index (κ1) is 20.4. The molecule has 3 N–H and O–H groups in total. The maximum atomic E-state index is 10.4. The van der Waals surface area contributed by atoms with Gasteiger partial charge < -0.3 is 15.3 Å². The van der Waals surface area contributed by atoms with Gasteiger partial charge in [0, 0.05) is 19.1 Å². The average molecular weight is 350 g/mol. The molecule has 0 spiro atoms. The Labute approximate surface area is 152 Å². The SMILES string of the molecule is Cc1cc(CO)c(CO)cc1CCN1C[C@@H](CC(C)C)[C@H](O)CC1C. The molecular weight excluding hydrogens is 314 g/mol. The highest BCUT2D eigenvalue weighted by atomic mass is 16.3. The molecule has 1 aromatic carbocycles. The molecule has 0 bridgehead atoms. The number of hydrogen-bond acceptors (Lipinski definition) is 4. The van der Waals surface area contributed by atoms with E-state index in [1.165, 1.54) is 11.1 Å². The number of aliphatic hydroxyl groups excluding tert-OH is 3. The topological polar surface area (TPSA) is 63.9 Å². The third kappa shape index (κ3) is 5.27. The number of aliphatic hydroxyl groups is 3. The third-order valence-electron chi connectivity index (χ3n) is 5.66. The van der Waals surface area contributed by atoms with Crippen molar-refractivity contribution in [2.24, 2.45) is 11.8 Å². The van der Waals surface area contributed by atoms with Crippen LogP contribution in [0, 0.1) is 18.8 Å². The van der Waals surface area contributed by atoms with E-state index in [2.05, 4.69) is 32.6 Å². The molecule has 4 nitrogen and oxygen atoms in total. The molecule has 1 unspecified atom stereocenters. The minimum absolute atomic E-state index is 0.0328. The lowest BCUT2D eigenvalue weighted by molar-refractivity contribution is -0.00886. The van der Waals surface area contributed by atoms with E-state index in [9.17, 15) is 15.3 Å². The summed E-state index contributed by atoms with van der Waals surface area (Å²) in [7, 11) is 0. The number of aryl methyl sites for hydroxylation is 1. The van der Waals surface area contributed by atoms with Crippen LogP contribution in [0.5, 0.6) is 0 Å². The van der Waals surface area contributed by atoms with Crippen molar-refractivity contribution in [1.29, 1.82) is 0 Å². The quantitative estimate of drug-likeness (QED) is 0.708. The summed E-state index contributed by atoms with van der Waals surface area (Å²) in [6, 6.07) is 4.43. The van der Waals surface area contributed by atoms with Crippen LogP contribution in [0.1, 0.15) is 55.9 Å². The Morgan fingerprint density at radius 2 is 1.76 bits per heavy atom. The van der Waals surface area contributed by atoms with Crippen LogP contribution >= 0.6 is 0 Å². The van der Waals surface area contributed by atoms with Gasteiger partial charge >= 0.3 is 0 Å². The lowest BCUT2D eigenvalue weighted by Crippen LogP contribution is -2.49. The molecule has 3 atom stereocenters. The van der Waals surface area contributed by atoms with Gasteiger partial charge in [0.2, 0.25) is 0 Å². The second-order valence-corrected chi connectivity index (χ2v) is 8.15. The predicted octanol–water partition coefficient (Wildman–Crippen LogP) is 2.64. The Morgan fingerprint density at radius 1 is 1.12 bits per heavy atom. The number of benzene rings is 1. The minimum atomic E-state index is -0.180. The van der Waals surface area contributed by atoms with Crippen LogP contribution in [0.15, 0.2) is 12.1 Å². The number of rotatable bonds is 7. The highest BCUT2D eigenvalue weighted by Crippen LogP contribution is 2.28. The van der Waals surface area contributed by atoms with Crippen molar-refractivity contribution in [1.82, 2.24) is 4.90 Å². The van der Waals surface area contributed by atoms with E-state index >= 15 is 0 Å². The maximum Gasteiger partial charge on any atom is 0.0685 e. The van der Waals surface area contributed by atoms with E-state index in [0.717, 1.165) is 43.5 Å². The van der Waals surface area contributed by atoms with Crippen molar-refractivity contribution in [3.63, 3.8) is 0 Å². The van der Waals surface area contributed by atoms with Crippen molar-refractivity contribution < 1.29 is 15.3 Å². The summed E-state index contributed by atoms with van der Waals surface area (Å²) >= 11 is 0. The van der Waals surface area contributed by atoms with Gasteiger partial charge in [-0.3, -0.25) is 4.90 Å². The Morgan fingerprint density at radius 3 is 2.36 bits per heavy atom. The van der Waals surface area contributed by atoms with Gasteiger partial charge in [0.25, 0.3) is 0 Å². The normalized spacial score (nSPS) is 24.9. The average Bonchev–Trinajstić information content (AvgIpc) is 2.56. The van der Waals surface area contributed by atoms with Crippen molar-refractivity contribution in [3.8, 4) is 0 Å². The molecule has 0 saturated carbocycles. The first-order valence-electron chi connectivity index (χ1n) is 9.60. The van der Waals surface area contributed by atoms with Gasteiger partial charge in [0.1, 0.15) is 0 Å². The standard InChI is InChI=1S/C21H35NO3/c1-14(2)7-18-11-22(16(4)9-21(18)25)6-5-17-10-20(13-24)19(12-23)8-15(17)3/h8,10,14,16,18,21,23-25H,5-7,9,11-13H2,1-4H3/t16?,18-,21-/m1/s1. The maximum absolute atomic E-state index is 10.4. The molecule has 4 heteroatoms. The zero-order valence-electron chi connectivity index (χ0n) is 16.2. The molecule has 0 amide bonds. The van der Waals surface area contributed by atoms with Crippen molar-refractivity contribution >= 4 is 0 Å². The monoisotopic (exact) mass is 349 g/mol. The summed E-state index contributed by atoms with van der Waals surface area (Å²) in [6.45, 7) is 10.6. The van der Waals surface area contributed by atoms with Gasteiger partial charge in [-0.25, -0.2) is 0 Å². The summed E-state index contributed by atoms with van der Waals surface area (Å²) in [5, 5.41) is 29.3. The second-order valence-electron chi connectivity index (χ2n) is 8.15. The van der Waals surface area contributed by atoms with Crippen LogP contribution in [0.25, 0.3) is 0 Å². The molecular formula is C21H35NO3. The summed E-state index contributed by atoms with van der Waals surface area (Å²) in [6.07, 6.45) is 2.67. The van der Waals surface area contributed by atoms with E-state index < -0.39 is 0 Å². The Hall–Kier alpha value is -0.940. The van der Waals surface area contributed by atoms with Crippen LogP contribution in [-0.4, -0.2) is 45.5 Å². The molecule has 1 aromatic rings. The lowest BCUT2D eigenvalue weighted by Gasteiger charge is -2.41. The van der Waals surface area contributed by atoms with E-state index in [0.29, 0.717) is 17.9 Å². The predicted molar refractivity (Wildman–Crippen MR) is 101 cm³/mol. The number of hydrogen-bond donors (Lipinski definition) is 3. The highest BCUT2D eigenvalue weighted by molar-refractivity contribution is 5.37. The first-order chi connectivity index (χ1) is 11.8. The Balaban J connectivity index is 2.04. The highest BCUT2D eigenvalue weighted by Gasteiger charge is 2.32. The van der Waals surface area contributed by atoms with Crippen LogP contribution < -0.4 is 0 Å². The van der Waals surface area contributed by atoms with E-state index in [1.54, 1.807) is 0 Å². The molecule has 0 radical (unpaired) electrons. The third-order valence-corrected chi connectivity index (χ3v) is 5.66. The van der Waals surface area contributed by atoms with Crippen LogP contribution in [-0.2, 0) is 19.6 Å². The van der Waals surface area contributed by atoms with Gasteiger partial charge in [-0.15, -0.1) is 0 Å². The smallest absolute Gasteiger partial charge is 0.0685 e. The zero-order chi connectivity index (χ0) is 18.6. The zero-order valence-corrected chi connectivity index (χ0v) is 16.2. The van der Waals surface area contributed by atoms with E-state index in [-0.39, 0.29) is 19.3 Å². The van der Waals surface area contributed by atoms with E-state index in [4.69, 9.17) is 0 Å². The summed E-state index contributed by atoms with van der Waals surface area (Å²) in [5.74, 6) is 0.970. The molecule has 0 aromatic heterocycles. The van der Waals surface area contributed by atoms with Crippen molar-refractivity contribution in [3.05, 3.63) is 34.4 Å². The van der Waals surface area contributed by atoms with Crippen LogP contribution in [0.2, 0.25) is 0 Å². The summed E-state index contributed by atoms with van der Waals surface area (Å²) in [4.78, 5) is 2.50. The fraction of sp³-hybridized carbons (Fsp3) is 0.714. The van der Waals surface area contributed by atoms with Gasteiger partial charge in [0.05, 0.1) is 19.3 Å². The number of likely N-dealkylation sites (tertiary alicyclic amines) is 1. The molecule has 1 heterocycles.